The molecule has 1 amide bonds. The van der Waals surface area contributed by atoms with Crippen molar-refractivity contribution in [3.05, 3.63) is 10.6 Å². The average Bonchev–Trinajstić information content (AvgIpc) is 2.82. The fourth-order valence-corrected chi connectivity index (χ4v) is 2.10. The van der Waals surface area contributed by atoms with Gasteiger partial charge >= 0.3 is 5.97 Å². The maximum Gasteiger partial charge on any atom is 0.321 e. The summed E-state index contributed by atoms with van der Waals surface area (Å²) in [6, 6.07) is 0. The third-order valence-corrected chi connectivity index (χ3v) is 3.46. The lowest BCUT2D eigenvalue weighted by Crippen LogP contribution is -2.33. The number of amides is 1. The van der Waals surface area contributed by atoms with E-state index in [2.05, 4.69) is 35.6 Å². The quantitative estimate of drug-likeness (QED) is 0.640. The SMILES string of the molecule is CCc1nnsc1C(=O)NCC(Br)C(=O)OC. The molecule has 0 spiro atoms. The van der Waals surface area contributed by atoms with Crippen molar-refractivity contribution >= 4 is 39.3 Å². The highest BCUT2D eigenvalue weighted by atomic mass is 79.9. The number of aryl methyl sites for hydroxylation is 1. The number of nitrogens with one attached hydrogen (secondary N) is 1. The van der Waals surface area contributed by atoms with E-state index in [4.69, 9.17) is 0 Å². The number of rotatable bonds is 5. The first kappa shape index (κ1) is 14.0. The molecule has 1 N–H and O–H groups in total. The number of methoxy groups -OCH3 is 1. The van der Waals surface area contributed by atoms with Crippen molar-refractivity contribution in [1.82, 2.24) is 14.9 Å². The first-order chi connectivity index (χ1) is 8.10. The molecule has 1 aromatic rings. The molecule has 0 aliphatic carbocycles. The third kappa shape index (κ3) is 3.74. The topological polar surface area (TPSA) is 81.2 Å². The number of halogens is 1. The number of hydrogen-bond acceptors (Lipinski definition) is 6. The third-order valence-electron chi connectivity index (χ3n) is 2.00. The van der Waals surface area contributed by atoms with Crippen molar-refractivity contribution in [2.75, 3.05) is 13.7 Å². The molecule has 0 aromatic carbocycles. The van der Waals surface area contributed by atoms with Crippen LogP contribution in [-0.2, 0) is 16.0 Å². The van der Waals surface area contributed by atoms with Crippen LogP contribution in [0.25, 0.3) is 0 Å². The first-order valence-electron chi connectivity index (χ1n) is 4.91. The number of aromatic nitrogens is 2. The minimum Gasteiger partial charge on any atom is -0.468 e. The molecule has 0 fully saturated rings. The van der Waals surface area contributed by atoms with Crippen LogP contribution in [0.1, 0.15) is 22.3 Å². The van der Waals surface area contributed by atoms with Crippen LogP contribution < -0.4 is 5.32 Å². The predicted molar refractivity (Wildman–Crippen MR) is 66.4 cm³/mol. The van der Waals surface area contributed by atoms with E-state index in [1.54, 1.807) is 0 Å². The molecule has 94 valence electrons. The van der Waals surface area contributed by atoms with Gasteiger partial charge in [0, 0.05) is 6.54 Å². The van der Waals surface area contributed by atoms with E-state index in [1.165, 1.54) is 7.11 Å². The van der Waals surface area contributed by atoms with E-state index in [-0.39, 0.29) is 12.5 Å². The zero-order chi connectivity index (χ0) is 12.8. The number of carbonyl (C=O) groups is 2. The van der Waals surface area contributed by atoms with Crippen LogP contribution in [-0.4, -0.2) is 39.9 Å². The summed E-state index contributed by atoms with van der Waals surface area (Å²) in [5.74, 6) is -0.700. The number of esters is 1. The van der Waals surface area contributed by atoms with Crippen LogP contribution in [0.2, 0.25) is 0 Å². The standard InChI is InChI=1S/C9H12BrN3O3S/c1-3-6-7(17-13-12-6)8(14)11-4-5(10)9(15)16-2/h5H,3-4H2,1-2H3,(H,11,14). The van der Waals surface area contributed by atoms with Gasteiger partial charge in [-0.25, -0.2) is 0 Å². The molecule has 17 heavy (non-hydrogen) atoms. The summed E-state index contributed by atoms with van der Waals surface area (Å²) in [5.41, 5.74) is 0.664. The molecule has 6 nitrogen and oxygen atoms in total. The lowest BCUT2D eigenvalue weighted by atomic mass is 10.3. The number of ether oxygens (including phenoxy) is 1. The zero-order valence-electron chi connectivity index (χ0n) is 9.40. The second kappa shape index (κ2) is 6.65. The summed E-state index contributed by atoms with van der Waals surface area (Å²) in [7, 11) is 1.29. The molecule has 0 radical (unpaired) electrons. The van der Waals surface area contributed by atoms with Crippen molar-refractivity contribution in [2.24, 2.45) is 0 Å². The molecule has 0 saturated heterocycles. The molecule has 0 aliphatic rings. The molecule has 0 aliphatic heterocycles. The highest BCUT2D eigenvalue weighted by Gasteiger charge is 2.19. The second-order valence-electron chi connectivity index (χ2n) is 3.10. The van der Waals surface area contributed by atoms with Gasteiger partial charge < -0.3 is 10.1 Å². The lowest BCUT2D eigenvalue weighted by Gasteiger charge is -2.08. The van der Waals surface area contributed by atoms with Gasteiger partial charge in [-0.2, -0.15) is 0 Å². The smallest absolute Gasteiger partial charge is 0.321 e. The normalized spacial score (nSPS) is 11.9. The van der Waals surface area contributed by atoms with Crippen molar-refractivity contribution in [1.29, 1.82) is 0 Å². The molecular weight excluding hydrogens is 310 g/mol. The Morgan fingerprint density at radius 3 is 2.88 bits per heavy atom. The molecule has 0 bridgehead atoms. The Hall–Kier alpha value is -1.02. The van der Waals surface area contributed by atoms with E-state index in [0.717, 1.165) is 11.5 Å². The average molecular weight is 322 g/mol. The molecule has 1 rings (SSSR count). The number of alkyl halides is 1. The Kier molecular flexibility index (Phi) is 5.49. The highest BCUT2D eigenvalue weighted by Crippen LogP contribution is 2.11. The monoisotopic (exact) mass is 321 g/mol. The summed E-state index contributed by atoms with van der Waals surface area (Å²) in [5, 5.41) is 6.46. The van der Waals surface area contributed by atoms with Gasteiger partial charge in [0.05, 0.1) is 12.8 Å². The molecule has 0 saturated carbocycles. The van der Waals surface area contributed by atoms with Crippen LogP contribution in [0.15, 0.2) is 0 Å². The Balaban J connectivity index is 2.53. The van der Waals surface area contributed by atoms with Gasteiger partial charge in [0.2, 0.25) is 0 Å². The van der Waals surface area contributed by atoms with Crippen LogP contribution >= 0.6 is 27.5 Å². The summed E-state index contributed by atoms with van der Waals surface area (Å²) in [6.45, 7) is 2.06. The van der Waals surface area contributed by atoms with Gasteiger partial charge in [-0.3, -0.25) is 9.59 Å². The van der Waals surface area contributed by atoms with Gasteiger partial charge in [0.1, 0.15) is 9.70 Å². The van der Waals surface area contributed by atoms with Crippen molar-refractivity contribution < 1.29 is 14.3 Å². The van der Waals surface area contributed by atoms with Gasteiger partial charge in [0.25, 0.3) is 5.91 Å². The minimum atomic E-state index is -0.553. The van der Waals surface area contributed by atoms with Gasteiger partial charge in [-0.15, -0.1) is 5.10 Å². The largest absolute Gasteiger partial charge is 0.468 e. The summed E-state index contributed by atoms with van der Waals surface area (Å²) in [4.78, 5) is 22.8. The molecular formula is C9H12BrN3O3S. The van der Waals surface area contributed by atoms with Gasteiger partial charge in [0.15, 0.2) is 0 Å². The van der Waals surface area contributed by atoms with E-state index in [9.17, 15) is 9.59 Å². The Bertz CT molecular complexity index is 410. The van der Waals surface area contributed by atoms with E-state index in [0.29, 0.717) is 17.0 Å². The molecule has 8 heteroatoms. The van der Waals surface area contributed by atoms with Crippen LogP contribution in [0.3, 0.4) is 0 Å². The van der Waals surface area contributed by atoms with Crippen LogP contribution in [0, 0.1) is 0 Å². The highest BCUT2D eigenvalue weighted by molar-refractivity contribution is 9.10. The lowest BCUT2D eigenvalue weighted by molar-refractivity contribution is -0.139. The van der Waals surface area contributed by atoms with Crippen molar-refractivity contribution in [2.45, 2.75) is 18.2 Å². The van der Waals surface area contributed by atoms with Crippen LogP contribution in [0.5, 0.6) is 0 Å². The fraction of sp³-hybridized carbons (Fsp3) is 0.556. The van der Waals surface area contributed by atoms with Crippen molar-refractivity contribution in [3.63, 3.8) is 0 Å². The number of nitrogens with zero attached hydrogens (tertiary/aromatic N) is 2. The molecule has 1 aromatic heterocycles. The fourth-order valence-electron chi connectivity index (χ4n) is 1.09. The second-order valence-corrected chi connectivity index (χ2v) is 4.96. The van der Waals surface area contributed by atoms with Gasteiger partial charge in [-0.1, -0.05) is 27.3 Å². The molecule has 1 heterocycles. The minimum absolute atomic E-state index is 0.159. The van der Waals surface area contributed by atoms with E-state index < -0.39 is 10.8 Å². The summed E-state index contributed by atoms with van der Waals surface area (Å²) >= 11 is 4.16. The van der Waals surface area contributed by atoms with E-state index >= 15 is 0 Å². The van der Waals surface area contributed by atoms with Gasteiger partial charge in [-0.05, 0) is 18.0 Å². The summed E-state index contributed by atoms with van der Waals surface area (Å²) < 4.78 is 8.24. The van der Waals surface area contributed by atoms with Crippen LogP contribution in [0.4, 0.5) is 0 Å². The summed E-state index contributed by atoms with van der Waals surface area (Å²) in [6.07, 6.45) is 0.647. The maximum atomic E-state index is 11.7. The Morgan fingerprint density at radius 2 is 2.29 bits per heavy atom. The predicted octanol–water partition coefficient (Wildman–Crippen LogP) is 0.767. The van der Waals surface area contributed by atoms with E-state index in [1.807, 2.05) is 6.92 Å². The van der Waals surface area contributed by atoms with Crippen molar-refractivity contribution in [3.8, 4) is 0 Å². The molecule has 1 unspecified atom stereocenters. The maximum absolute atomic E-state index is 11.7. The molecule has 1 atom stereocenters. The number of carbonyl (C=O) groups excluding carboxylic acids is 2. The first-order valence-corrected chi connectivity index (χ1v) is 6.60. The Labute approximate surface area is 111 Å². The zero-order valence-corrected chi connectivity index (χ0v) is 11.8. The Morgan fingerprint density at radius 1 is 1.59 bits per heavy atom. The number of hydrogen-bond donors (Lipinski definition) is 1.